The summed E-state index contributed by atoms with van der Waals surface area (Å²) >= 11 is 0. The van der Waals surface area contributed by atoms with E-state index in [4.69, 9.17) is 0 Å². The Kier molecular flexibility index (Phi) is 2.67. The summed E-state index contributed by atoms with van der Waals surface area (Å²) in [7, 11) is 5.50. The lowest BCUT2D eigenvalue weighted by molar-refractivity contribution is 0.691. The Morgan fingerprint density at radius 2 is 0.955 bits per heavy atom. The fourth-order valence-corrected chi connectivity index (χ4v) is 2.30. The Labute approximate surface area is 121 Å². The van der Waals surface area contributed by atoms with Gasteiger partial charge in [-0.15, -0.1) is 0 Å². The minimum atomic E-state index is -0.650. The molecule has 0 saturated carbocycles. The van der Waals surface area contributed by atoms with E-state index in [1.165, 1.54) is 28.2 Å². The number of hydrogen-bond donors (Lipinski definition) is 0. The molecule has 0 unspecified atom stereocenters. The van der Waals surface area contributed by atoms with Crippen molar-refractivity contribution in [2.24, 2.45) is 28.2 Å². The predicted octanol–water partition coefficient (Wildman–Crippen LogP) is -2.42. The molecule has 0 aliphatic rings. The van der Waals surface area contributed by atoms with Crippen molar-refractivity contribution >= 4 is 22.3 Å². The third-order valence-electron chi connectivity index (χ3n) is 3.66. The maximum absolute atomic E-state index is 12.2. The van der Waals surface area contributed by atoms with Gasteiger partial charge in [0.15, 0.2) is 22.3 Å². The number of nitrogens with zero attached hydrogens (tertiary/aromatic N) is 6. The van der Waals surface area contributed by atoms with Crippen LogP contribution in [0.4, 0.5) is 0 Å². The maximum atomic E-state index is 12.2. The smallest absolute Gasteiger partial charge is 0.279 e. The Morgan fingerprint density at radius 1 is 0.591 bits per heavy atom. The number of hydrogen-bond acceptors (Lipinski definition) is 6. The molecule has 0 saturated heterocycles. The molecular weight excluding hydrogens is 293 g/mol. The van der Waals surface area contributed by atoms with E-state index in [0.29, 0.717) is 0 Å². The molecule has 3 rings (SSSR count). The molecule has 0 aliphatic carbocycles. The van der Waals surface area contributed by atoms with Gasteiger partial charge in [0.05, 0.1) is 0 Å². The number of rotatable bonds is 0. The second kappa shape index (κ2) is 4.23. The lowest BCUT2D eigenvalue weighted by Crippen LogP contribution is -2.40. The Hall–Kier alpha value is -3.04. The van der Waals surface area contributed by atoms with Crippen LogP contribution >= 0.6 is 0 Å². The average molecular weight is 305 g/mol. The highest BCUT2D eigenvalue weighted by molar-refractivity contribution is 5.81. The minimum absolute atomic E-state index is 0.0175. The van der Waals surface area contributed by atoms with Crippen LogP contribution in [0.2, 0.25) is 0 Å². The third-order valence-corrected chi connectivity index (χ3v) is 3.66. The van der Waals surface area contributed by atoms with E-state index in [9.17, 15) is 19.2 Å². The van der Waals surface area contributed by atoms with Crippen molar-refractivity contribution in [1.82, 2.24) is 28.2 Å². The van der Waals surface area contributed by atoms with Crippen LogP contribution in [0.15, 0.2) is 19.2 Å². The van der Waals surface area contributed by atoms with Gasteiger partial charge in [0.25, 0.3) is 11.1 Å². The van der Waals surface area contributed by atoms with Gasteiger partial charge in [-0.3, -0.25) is 27.9 Å². The molecule has 0 aliphatic heterocycles. The lowest BCUT2D eigenvalue weighted by Gasteiger charge is -2.09. The summed E-state index contributed by atoms with van der Waals surface area (Å²) in [5.41, 5.74) is -2.61. The van der Waals surface area contributed by atoms with Gasteiger partial charge in [0, 0.05) is 28.2 Å². The minimum Gasteiger partial charge on any atom is -0.279 e. The largest absolute Gasteiger partial charge is 0.332 e. The molecule has 0 fully saturated rings. The highest BCUT2D eigenvalue weighted by Gasteiger charge is 2.17. The van der Waals surface area contributed by atoms with Gasteiger partial charge in [0.1, 0.15) is 0 Å². The molecule has 10 heteroatoms. The predicted molar refractivity (Wildman–Crippen MR) is 78.0 cm³/mol. The van der Waals surface area contributed by atoms with Gasteiger partial charge in [-0.25, -0.2) is 19.6 Å². The molecule has 0 radical (unpaired) electrons. The van der Waals surface area contributed by atoms with Crippen molar-refractivity contribution in [1.29, 1.82) is 0 Å². The van der Waals surface area contributed by atoms with Crippen LogP contribution in [-0.4, -0.2) is 28.2 Å². The van der Waals surface area contributed by atoms with Crippen LogP contribution in [-0.2, 0) is 28.2 Å². The zero-order chi connectivity index (χ0) is 16.3. The van der Waals surface area contributed by atoms with E-state index in [2.05, 4.69) is 9.97 Å². The number of aromatic nitrogens is 6. The molecule has 0 spiro atoms. The molecule has 22 heavy (non-hydrogen) atoms. The van der Waals surface area contributed by atoms with E-state index in [1.807, 2.05) is 0 Å². The first kappa shape index (κ1) is 13.9. The summed E-state index contributed by atoms with van der Waals surface area (Å²) in [6.45, 7) is 0. The molecule has 0 N–H and O–H groups in total. The lowest BCUT2D eigenvalue weighted by atomic mass is 10.4. The van der Waals surface area contributed by atoms with Gasteiger partial charge >= 0.3 is 11.4 Å². The Bertz CT molecular complexity index is 1100. The van der Waals surface area contributed by atoms with E-state index in [1.54, 1.807) is 0 Å². The zero-order valence-electron chi connectivity index (χ0n) is 12.3. The molecule has 0 bridgehead atoms. The third kappa shape index (κ3) is 1.54. The SMILES string of the molecule is Cn1c(=O)c2[15n]c3c(=O)n(C)c(=O)n(C)c3nc2n(C)c1=O. The van der Waals surface area contributed by atoms with Crippen molar-refractivity contribution in [3.05, 3.63) is 41.7 Å². The first-order valence-corrected chi connectivity index (χ1v) is 6.29. The number of aryl methyl sites for hydroxylation is 2. The van der Waals surface area contributed by atoms with Crippen molar-refractivity contribution in [2.45, 2.75) is 0 Å². The van der Waals surface area contributed by atoms with Crippen molar-refractivity contribution in [3.63, 3.8) is 0 Å². The van der Waals surface area contributed by atoms with Crippen molar-refractivity contribution in [2.75, 3.05) is 0 Å². The second-order valence-corrected chi connectivity index (χ2v) is 4.98. The molecule has 3 aromatic heterocycles. The van der Waals surface area contributed by atoms with E-state index >= 15 is 0 Å². The summed E-state index contributed by atoms with van der Waals surface area (Å²) in [5.74, 6) is 0. The highest BCUT2D eigenvalue weighted by Crippen LogP contribution is 2.07. The summed E-state index contributed by atoms with van der Waals surface area (Å²) in [6, 6.07) is 0. The monoisotopic (exact) mass is 305 g/mol. The van der Waals surface area contributed by atoms with Crippen molar-refractivity contribution in [3.8, 4) is 0 Å². The second-order valence-electron chi connectivity index (χ2n) is 4.98. The van der Waals surface area contributed by atoms with Gasteiger partial charge < -0.3 is 0 Å². The van der Waals surface area contributed by atoms with Crippen LogP contribution in [0, 0.1) is 0 Å². The van der Waals surface area contributed by atoms with Crippen LogP contribution in [0.1, 0.15) is 0 Å². The van der Waals surface area contributed by atoms with E-state index < -0.39 is 22.5 Å². The van der Waals surface area contributed by atoms with Crippen LogP contribution in [0.3, 0.4) is 0 Å². The summed E-state index contributed by atoms with van der Waals surface area (Å²) in [4.78, 5) is 56.4. The number of fused-ring (bicyclic) bond motifs is 2. The Morgan fingerprint density at radius 3 is 1.32 bits per heavy atom. The van der Waals surface area contributed by atoms with Crippen LogP contribution in [0.5, 0.6) is 0 Å². The fraction of sp³-hybridized carbons (Fsp3) is 0.333. The van der Waals surface area contributed by atoms with Crippen LogP contribution < -0.4 is 22.5 Å². The van der Waals surface area contributed by atoms with Crippen LogP contribution in [0.25, 0.3) is 22.3 Å². The molecule has 0 amide bonds. The average Bonchev–Trinajstić information content (AvgIpc) is 2.52. The van der Waals surface area contributed by atoms with Gasteiger partial charge in [-0.1, -0.05) is 0 Å². The summed E-state index contributed by atoms with van der Waals surface area (Å²) < 4.78 is 4.06. The summed E-state index contributed by atoms with van der Waals surface area (Å²) in [5, 5.41) is 0. The molecule has 0 atom stereocenters. The van der Waals surface area contributed by atoms with Gasteiger partial charge in [-0.2, -0.15) is 0 Å². The van der Waals surface area contributed by atoms with E-state index in [0.717, 1.165) is 18.3 Å². The first-order valence-electron chi connectivity index (χ1n) is 6.29. The molecule has 3 heterocycles. The fourth-order valence-electron chi connectivity index (χ4n) is 2.30. The molecule has 10 nitrogen and oxygen atoms in total. The molecular formula is C12H12N6O4. The molecule has 114 valence electrons. The molecule has 3 aromatic rings. The van der Waals surface area contributed by atoms with Crippen molar-refractivity contribution < 1.29 is 0 Å². The van der Waals surface area contributed by atoms with Gasteiger partial charge in [0.2, 0.25) is 0 Å². The zero-order valence-corrected chi connectivity index (χ0v) is 12.3. The van der Waals surface area contributed by atoms with E-state index in [-0.39, 0.29) is 22.3 Å². The standard InChI is InChI=1S/C12H12N6O4/c1-15-7-5(9(19)17(3)11(15)21)13-6-8(14-7)16(2)12(22)18(4)10(6)20/h1-4H3/i13+1. The highest BCUT2D eigenvalue weighted by atomic mass is 16.2. The quantitative estimate of drug-likeness (QED) is 0.427. The first-order chi connectivity index (χ1) is 10.3. The topological polar surface area (TPSA) is 114 Å². The normalized spacial score (nSPS) is 11.5. The summed E-state index contributed by atoms with van der Waals surface area (Å²) in [6.07, 6.45) is 0. The maximum Gasteiger partial charge on any atom is 0.332 e. The molecule has 0 aromatic carbocycles. The Balaban J connectivity index is 2.77. The van der Waals surface area contributed by atoms with Gasteiger partial charge in [-0.05, 0) is 0 Å².